The number of rotatable bonds is 7. The Morgan fingerprint density at radius 1 is 1.27 bits per heavy atom. The number of benzene rings is 1. The molecule has 0 saturated heterocycles. The van der Waals surface area contributed by atoms with Crippen molar-refractivity contribution >= 4 is 35.3 Å². The van der Waals surface area contributed by atoms with E-state index in [4.69, 9.17) is 16.3 Å². The zero-order valence-electron chi connectivity index (χ0n) is 11.4. The minimum Gasteiger partial charge on any atom is -0.459 e. The molecule has 0 radical (unpaired) electrons. The number of nitrogens with zero attached hydrogens (tertiary/aromatic N) is 1. The maximum Gasteiger partial charge on any atom is 0.330 e. The van der Waals surface area contributed by atoms with Crippen molar-refractivity contribution in [1.82, 2.24) is 0 Å². The van der Waals surface area contributed by atoms with Crippen molar-refractivity contribution in [3.63, 3.8) is 0 Å². The van der Waals surface area contributed by atoms with E-state index in [9.17, 15) is 19.7 Å². The fourth-order valence-electron chi connectivity index (χ4n) is 1.33. The van der Waals surface area contributed by atoms with Crippen LogP contribution in [0.3, 0.4) is 0 Å². The highest BCUT2D eigenvalue weighted by molar-refractivity contribution is 6.32. The second-order valence-electron chi connectivity index (χ2n) is 3.84. The van der Waals surface area contributed by atoms with Crippen LogP contribution in [0.1, 0.15) is 5.56 Å². The highest BCUT2D eigenvalue weighted by atomic mass is 35.5. The Labute approximate surface area is 130 Å². The third-order valence-electron chi connectivity index (χ3n) is 2.32. The summed E-state index contributed by atoms with van der Waals surface area (Å²) in [6.07, 6.45) is 3.44. The van der Waals surface area contributed by atoms with Gasteiger partial charge in [0.1, 0.15) is 18.2 Å². The maximum atomic E-state index is 11.4. The Balaban J connectivity index is 2.52. The standard InChI is InChI=1S/C14H12ClNO6/c1-2-13(17)21-7-8-22-14(18)6-4-10-3-5-11(15)12(9-10)16(19)20/h2-6,9H,1,7-8H2/b6-4+. The Hall–Kier alpha value is -2.67. The number of carbonyl (C=O) groups excluding carboxylic acids is 2. The summed E-state index contributed by atoms with van der Waals surface area (Å²) in [7, 11) is 0. The van der Waals surface area contributed by atoms with E-state index in [1.54, 1.807) is 0 Å². The van der Waals surface area contributed by atoms with Crippen LogP contribution in [0, 0.1) is 10.1 Å². The van der Waals surface area contributed by atoms with E-state index in [0.29, 0.717) is 5.56 Å². The number of carbonyl (C=O) groups is 2. The van der Waals surface area contributed by atoms with Crippen LogP contribution in [-0.4, -0.2) is 30.1 Å². The van der Waals surface area contributed by atoms with Gasteiger partial charge in [-0.25, -0.2) is 9.59 Å². The third-order valence-corrected chi connectivity index (χ3v) is 2.64. The van der Waals surface area contributed by atoms with Gasteiger partial charge in [0.25, 0.3) is 5.69 Å². The van der Waals surface area contributed by atoms with Crippen LogP contribution in [0.15, 0.2) is 36.9 Å². The van der Waals surface area contributed by atoms with E-state index < -0.39 is 16.9 Å². The topological polar surface area (TPSA) is 95.7 Å². The second kappa shape index (κ2) is 8.58. The molecule has 116 valence electrons. The van der Waals surface area contributed by atoms with Gasteiger partial charge < -0.3 is 9.47 Å². The van der Waals surface area contributed by atoms with Crippen LogP contribution in [0.25, 0.3) is 6.08 Å². The zero-order chi connectivity index (χ0) is 16.5. The molecule has 22 heavy (non-hydrogen) atoms. The minimum atomic E-state index is -0.674. The van der Waals surface area contributed by atoms with Crippen molar-refractivity contribution in [3.05, 3.63) is 57.6 Å². The van der Waals surface area contributed by atoms with Crippen molar-refractivity contribution in [2.24, 2.45) is 0 Å². The van der Waals surface area contributed by atoms with Crippen molar-refractivity contribution in [1.29, 1.82) is 0 Å². The Bertz CT molecular complexity index is 626. The first-order valence-corrected chi connectivity index (χ1v) is 6.40. The van der Waals surface area contributed by atoms with E-state index in [0.717, 1.165) is 12.2 Å². The van der Waals surface area contributed by atoms with Gasteiger partial charge >= 0.3 is 11.9 Å². The summed E-state index contributed by atoms with van der Waals surface area (Å²) in [5.41, 5.74) is 0.166. The number of halogens is 1. The molecule has 8 heteroatoms. The fourth-order valence-corrected chi connectivity index (χ4v) is 1.52. The van der Waals surface area contributed by atoms with Gasteiger partial charge in [0.2, 0.25) is 0 Å². The number of nitro groups is 1. The molecular formula is C14H12ClNO6. The van der Waals surface area contributed by atoms with Gasteiger partial charge in [-0.2, -0.15) is 0 Å². The monoisotopic (exact) mass is 325 g/mol. The molecule has 1 aromatic rings. The van der Waals surface area contributed by atoms with Crippen LogP contribution in [-0.2, 0) is 19.1 Å². The molecule has 0 atom stereocenters. The average Bonchev–Trinajstić information content (AvgIpc) is 2.50. The normalized spacial score (nSPS) is 10.2. The highest BCUT2D eigenvalue weighted by Crippen LogP contribution is 2.25. The zero-order valence-corrected chi connectivity index (χ0v) is 12.1. The minimum absolute atomic E-state index is 0.00811. The van der Waals surface area contributed by atoms with Crippen LogP contribution in [0.4, 0.5) is 5.69 Å². The molecule has 0 amide bonds. The maximum absolute atomic E-state index is 11.4. The van der Waals surface area contributed by atoms with E-state index in [2.05, 4.69) is 11.3 Å². The summed E-state index contributed by atoms with van der Waals surface area (Å²) in [5.74, 6) is -1.28. The second-order valence-corrected chi connectivity index (χ2v) is 4.25. The molecule has 0 spiro atoms. The fraction of sp³-hybridized carbons (Fsp3) is 0.143. The van der Waals surface area contributed by atoms with Crippen molar-refractivity contribution < 1.29 is 24.0 Å². The smallest absolute Gasteiger partial charge is 0.330 e. The lowest BCUT2D eigenvalue weighted by Gasteiger charge is -2.02. The van der Waals surface area contributed by atoms with Gasteiger partial charge in [0.05, 0.1) is 4.92 Å². The van der Waals surface area contributed by atoms with Gasteiger partial charge in [-0.05, 0) is 17.7 Å². The number of esters is 2. The predicted molar refractivity (Wildman–Crippen MR) is 79.3 cm³/mol. The van der Waals surface area contributed by atoms with Crippen LogP contribution < -0.4 is 0 Å². The first-order valence-electron chi connectivity index (χ1n) is 6.02. The quantitative estimate of drug-likeness (QED) is 0.251. The Kier molecular flexibility index (Phi) is 6.78. The first-order chi connectivity index (χ1) is 10.4. The van der Waals surface area contributed by atoms with E-state index in [-0.39, 0.29) is 23.9 Å². The summed E-state index contributed by atoms with van der Waals surface area (Å²) >= 11 is 5.67. The molecule has 0 N–H and O–H groups in total. The van der Waals surface area contributed by atoms with Gasteiger partial charge in [0.15, 0.2) is 0 Å². The SMILES string of the molecule is C=CC(=O)OCCOC(=O)/C=C/c1ccc(Cl)c([N+](=O)[O-])c1. The largest absolute Gasteiger partial charge is 0.459 e. The van der Waals surface area contributed by atoms with Crippen molar-refractivity contribution in [2.45, 2.75) is 0 Å². The molecule has 1 rings (SSSR count). The molecule has 0 fully saturated rings. The average molecular weight is 326 g/mol. The molecule has 1 aromatic carbocycles. The lowest BCUT2D eigenvalue weighted by Crippen LogP contribution is -2.11. The molecule has 0 aromatic heterocycles. The van der Waals surface area contributed by atoms with Crippen LogP contribution in [0.5, 0.6) is 0 Å². The first kappa shape index (κ1) is 17.4. The molecule has 7 nitrogen and oxygen atoms in total. The lowest BCUT2D eigenvalue weighted by atomic mass is 10.2. The van der Waals surface area contributed by atoms with Crippen molar-refractivity contribution in [3.8, 4) is 0 Å². The summed E-state index contributed by atoms with van der Waals surface area (Å²) < 4.78 is 9.37. The summed E-state index contributed by atoms with van der Waals surface area (Å²) in [5, 5.41) is 10.7. The van der Waals surface area contributed by atoms with Gasteiger partial charge in [-0.1, -0.05) is 24.2 Å². The molecule has 0 saturated carbocycles. The summed E-state index contributed by atoms with van der Waals surface area (Å²) in [6.45, 7) is 3.02. The highest BCUT2D eigenvalue weighted by Gasteiger charge is 2.11. The molecule has 0 unspecified atom stereocenters. The predicted octanol–water partition coefficient (Wildman–Crippen LogP) is 2.53. The molecule has 0 aliphatic rings. The van der Waals surface area contributed by atoms with E-state index in [1.807, 2.05) is 0 Å². The molecule has 0 heterocycles. The molecule has 0 bridgehead atoms. The van der Waals surface area contributed by atoms with Gasteiger partial charge in [0, 0.05) is 18.2 Å². The molecule has 0 aliphatic carbocycles. The number of hydrogen-bond acceptors (Lipinski definition) is 6. The Morgan fingerprint density at radius 3 is 2.50 bits per heavy atom. The van der Waals surface area contributed by atoms with E-state index >= 15 is 0 Å². The number of hydrogen-bond donors (Lipinski definition) is 0. The van der Waals surface area contributed by atoms with Crippen LogP contribution >= 0.6 is 11.6 Å². The van der Waals surface area contributed by atoms with Crippen LogP contribution in [0.2, 0.25) is 5.02 Å². The van der Waals surface area contributed by atoms with Crippen molar-refractivity contribution in [2.75, 3.05) is 13.2 Å². The summed E-state index contributed by atoms with van der Waals surface area (Å²) in [4.78, 5) is 32.2. The van der Waals surface area contributed by atoms with E-state index in [1.165, 1.54) is 24.3 Å². The third kappa shape index (κ3) is 5.76. The summed E-state index contributed by atoms with van der Waals surface area (Å²) in [6, 6.07) is 4.11. The van der Waals surface area contributed by atoms with Gasteiger partial charge in [-0.15, -0.1) is 0 Å². The number of ether oxygens (including phenoxy) is 2. The Morgan fingerprint density at radius 2 is 1.91 bits per heavy atom. The lowest BCUT2D eigenvalue weighted by molar-refractivity contribution is -0.384. The molecule has 0 aliphatic heterocycles. The number of nitro benzene ring substituents is 1. The van der Waals surface area contributed by atoms with Gasteiger partial charge in [-0.3, -0.25) is 10.1 Å². The molecular weight excluding hydrogens is 314 g/mol.